The van der Waals surface area contributed by atoms with E-state index in [1.807, 2.05) is 0 Å². The second-order valence-electron chi connectivity index (χ2n) is 5.31. The fourth-order valence-corrected chi connectivity index (χ4v) is 4.25. The van der Waals surface area contributed by atoms with Gasteiger partial charge in [-0.15, -0.1) is 11.3 Å². The Labute approximate surface area is 158 Å². The largest absolute Gasteiger partial charge is 0.462 e. The molecule has 0 fully saturated rings. The van der Waals surface area contributed by atoms with Crippen molar-refractivity contribution < 1.29 is 19.1 Å². The molecule has 1 N–H and O–H groups in total. The lowest BCUT2D eigenvalue weighted by atomic mass is 10.1. The van der Waals surface area contributed by atoms with Gasteiger partial charge in [0.2, 0.25) is 0 Å². The molecule has 0 bridgehead atoms. The highest BCUT2D eigenvalue weighted by Crippen LogP contribution is 2.37. The number of rotatable bonds is 4. The Morgan fingerprint density at radius 1 is 1.36 bits per heavy atom. The highest BCUT2D eigenvalue weighted by molar-refractivity contribution is 7.17. The highest BCUT2D eigenvalue weighted by atomic mass is 35.5. The van der Waals surface area contributed by atoms with Crippen molar-refractivity contribution >= 4 is 51.4 Å². The number of fused-ring (bicyclic) bond motifs is 1. The smallest absolute Gasteiger partial charge is 0.341 e. The van der Waals surface area contributed by atoms with Gasteiger partial charge in [-0.05, 0) is 37.1 Å². The predicted molar refractivity (Wildman–Crippen MR) is 98.1 cm³/mol. The van der Waals surface area contributed by atoms with E-state index in [4.69, 9.17) is 32.7 Å². The Balaban J connectivity index is 1.95. The fourth-order valence-electron chi connectivity index (χ4n) is 2.58. The number of carbonyl (C=O) groups excluding carboxylic acids is 2. The third-order valence-electron chi connectivity index (χ3n) is 3.70. The van der Waals surface area contributed by atoms with Gasteiger partial charge in [0.05, 0.1) is 36.0 Å². The van der Waals surface area contributed by atoms with Crippen LogP contribution in [0, 0.1) is 0 Å². The Morgan fingerprint density at radius 2 is 2.16 bits per heavy atom. The maximum Gasteiger partial charge on any atom is 0.341 e. The van der Waals surface area contributed by atoms with E-state index in [9.17, 15) is 9.59 Å². The highest BCUT2D eigenvalue weighted by Gasteiger charge is 2.28. The molecule has 0 saturated heterocycles. The zero-order valence-electron chi connectivity index (χ0n) is 13.4. The first-order valence-corrected chi connectivity index (χ1v) is 9.24. The van der Waals surface area contributed by atoms with Crippen LogP contribution in [-0.2, 0) is 22.5 Å². The SMILES string of the molecule is CCOC(=O)c1c(NC(=O)c2ccc(Cl)cc2Cl)sc2c1CCOC2. The van der Waals surface area contributed by atoms with Crippen LogP contribution >= 0.6 is 34.5 Å². The number of amides is 1. The average molecular weight is 400 g/mol. The number of nitrogens with one attached hydrogen (secondary N) is 1. The van der Waals surface area contributed by atoms with Crippen LogP contribution in [0.25, 0.3) is 0 Å². The number of hydrogen-bond donors (Lipinski definition) is 1. The minimum Gasteiger partial charge on any atom is -0.462 e. The van der Waals surface area contributed by atoms with Gasteiger partial charge >= 0.3 is 5.97 Å². The van der Waals surface area contributed by atoms with Gasteiger partial charge in [0, 0.05) is 9.90 Å². The van der Waals surface area contributed by atoms with Crippen molar-refractivity contribution in [3.8, 4) is 0 Å². The van der Waals surface area contributed by atoms with Crippen molar-refractivity contribution in [3.05, 3.63) is 49.8 Å². The van der Waals surface area contributed by atoms with Crippen molar-refractivity contribution in [2.45, 2.75) is 20.0 Å². The lowest BCUT2D eigenvalue weighted by Gasteiger charge is -2.13. The monoisotopic (exact) mass is 399 g/mol. The average Bonchev–Trinajstić information content (AvgIpc) is 2.92. The number of ether oxygens (including phenoxy) is 2. The first-order chi connectivity index (χ1) is 12.0. The van der Waals surface area contributed by atoms with Gasteiger partial charge in [-0.3, -0.25) is 4.79 Å². The van der Waals surface area contributed by atoms with Crippen LogP contribution in [0.3, 0.4) is 0 Å². The number of thiophene rings is 1. The van der Waals surface area contributed by atoms with E-state index in [0.717, 1.165) is 10.4 Å². The van der Waals surface area contributed by atoms with Crippen LogP contribution in [0.2, 0.25) is 10.0 Å². The minimum atomic E-state index is -0.445. The summed E-state index contributed by atoms with van der Waals surface area (Å²) in [5.41, 5.74) is 1.57. The number of hydrogen-bond acceptors (Lipinski definition) is 5. The van der Waals surface area contributed by atoms with E-state index in [0.29, 0.717) is 35.2 Å². The van der Waals surface area contributed by atoms with Crippen molar-refractivity contribution in [2.75, 3.05) is 18.5 Å². The first-order valence-electron chi connectivity index (χ1n) is 7.67. The second kappa shape index (κ2) is 7.74. The zero-order chi connectivity index (χ0) is 18.0. The van der Waals surface area contributed by atoms with E-state index in [-0.39, 0.29) is 17.2 Å². The molecular formula is C17H15Cl2NO4S. The molecular weight excluding hydrogens is 385 g/mol. The lowest BCUT2D eigenvalue weighted by molar-refractivity contribution is 0.0524. The van der Waals surface area contributed by atoms with Crippen molar-refractivity contribution in [3.63, 3.8) is 0 Å². The Hall–Kier alpha value is -1.60. The molecule has 2 aromatic rings. The number of anilines is 1. The normalized spacial score (nSPS) is 13.2. The summed E-state index contributed by atoms with van der Waals surface area (Å²) in [6.07, 6.45) is 0.609. The van der Waals surface area contributed by atoms with Gasteiger partial charge in [0.15, 0.2) is 0 Å². The second-order valence-corrected chi connectivity index (χ2v) is 7.26. The third-order valence-corrected chi connectivity index (χ3v) is 5.37. The summed E-state index contributed by atoms with van der Waals surface area (Å²) < 4.78 is 10.6. The van der Waals surface area contributed by atoms with Gasteiger partial charge in [-0.2, -0.15) is 0 Å². The van der Waals surface area contributed by atoms with E-state index in [2.05, 4.69) is 5.32 Å². The van der Waals surface area contributed by atoms with Crippen molar-refractivity contribution in [1.82, 2.24) is 0 Å². The summed E-state index contributed by atoms with van der Waals surface area (Å²) in [7, 11) is 0. The van der Waals surface area contributed by atoms with Gasteiger partial charge in [0.25, 0.3) is 5.91 Å². The molecule has 1 aliphatic rings. The van der Waals surface area contributed by atoms with Crippen LogP contribution in [0.5, 0.6) is 0 Å². The minimum absolute atomic E-state index is 0.243. The van der Waals surface area contributed by atoms with E-state index < -0.39 is 11.9 Å². The zero-order valence-corrected chi connectivity index (χ0v) is 15.7. The summed E-state index contributed by atoms with van der Waals surface area (Å²) in [5.74, 6) is -0.855. The van der Waals surface area contributed by atoms with Crippen LogP contribution in [0.4, 0.5) is 5.00 Å². The number of halogens is 2. The summed E-state index contributed by atoms with van der Waals surface area (Å²) in [6.45, 7) is 2.96. The van der Waals surface area contributed by atoms with Gasteiger partial charge in [0.1, 0.15) is 5.00 Å². The first kappa shape index (κ1) is 18.2. The van der Waals surface area contributed by atoms with Crippen molar-refractivity contribution in [2.24, 2.45) is 0 Å². The Kier molecular flexibility index (Phi) is 5.64. The van der Waals surface area contributed by atoms with E-state index in [1.54, 1.807) is 19.1 Å². The molecule has 0 aliphatic carbocycles. The molecule has 1 aromatic carbocycles. The van der Waals surface area contributed by atoms with E-state index in [1.165, 1.54) is 17.4 Å². The number of benzene rings is 1. The topological polar surface area (TPSA) is 64.6 Å². The Bertz CT molecular complexity index is 834. The molecule has 3 rings (SSSR count). The molecule has 1 aromatic heterocycles. The van der Waals surface area contributed by atoms with E-state index >= 15 is 0 Å². The summed E-state index contributed by atoms with van der Waals surface area (Å²) in [5, 5.41) is 3.91. The molecule has 2 heterocycles. The van der Waals surface area contributed by atoms with Crippen LogP contribution in [-0.4, -0.2) is 25.1 Å². The maximum atomic E-state index is 12.6. The van der Waals surface area contributed by atoms with Crippen LogP contribution in [0.15, 0.2) is 18.2 Å². The molecule has 0 radical (unpaired) electrons. The summed E-state index contributed by atoms with van der Waals surface area (Å²) >= 11 is 13.3. The quantitative estimate of drug-likeness (QED) is 0.765. The van der Waals surface area contributed by atoms with Gasteiger partial charge in [-0.25, -0.2) is 4.79 Å². The van der Waals surface area contributed by atoms with Gasteiger partial charge in [-0.1, -0.05) is 23.2 Å². The molecule has 25 heavy (non-hydrogen) atoms. The van der Waals surface area contributed by atoms with Crippen LogP contribution < -0.4 is 5.32 Å². The predicted octanol–water partition coefficient (Wildman–Crippen LogP) is 4.56. The number of esters is 1. The lowest BCUT2D eigenvalue weighted by Crippen LogP contribution is -2.17. The number of carbonyl (C=O) groups is 2. The Morgan fingerprint density at radius 3 is 2.88 bits per heavy atom. The molecule has 0 atom stereocenters. The molecule has 0 unspecified atom stereocenters. The molecule has 132 valence electrons. The molecule has 8 heteroatoms. The van der Waals surface area contributed by atoms with Gasteiger partial charge < -0.3 is 14.8 Å². The fraction of sp³-hybridized carbons (Fsp3) is 0.294. The van der Waals surface area contributed by atoms with Crippen LogP contribution in [0.1, 0.15) is 38.1 Å². The third kappa shape index (κ3) is 3.82. The maximum absolute atomic E-state index is 12.6. The molecule has 1 amide bonds. The molecule has 5 nitrogen and oxygen atoms in total. The van der Waals surface area contributed by atoms with Crippen molar-refractivity contribution in [1.29, 1.82) is 0 Å². The summed E-state index contributed by atoms with van der Waals surface area (Å²) in [6, 6.07) is 4.63. The standard InChI is InChI=1S/C17H15Cl2NO4S/c1-2-24-17(22)14-11-5-6-23-8-13(11)25-16(14)20-15(21)10-4-3-9(18)7-12(10)19/h3-4,7H,2,5-6,8H2,1H3,(H,20,21). The molecule has 0 spiro atoms. The molecule has 1 aliphatic heterocycles. The molecule has 0 saturated carbocycles. The summed E-state index contributed by atoms with van der Waals surface area (Å²) in [4.78, 5) is 25.9.